The first-order valence-corrected chi connectivity index (χ1v) is 8.30. The van der Waals surface area contributed by atoms with Gasteiger partial charge in [0.1, 0.15) is 0 Å². The highest BCUT2D eigenvalue weighted by Gasteiger charge is 2.29. The number of nitrogens with zero attached hydrogens (tertiary/aromatic N) is 1. The molecule has 0 aromatic heterocycles. The van der Waals surface area contributed by atoms with Gasteiger partial charge in [-0.05, 0) is 31.1 Å². The largest absolute Gasteiger partial charge is 0.356 e. The number of carbonyl (C=O) groups is 2. The minimum absolute atomic E-state index is 0. The maximum atomic E-state index is 12.4. The van der Waals surface area contributed by atoms with Crippen LogP contribution in [-0.4, -0.2) is 42.4 Å². The summed E-state index contributed by atoms with van der Waals surface area (Å²) in [5, 5.41) is 2.97. The molecule has 1 saturated heterocycles. The monoisotopic (exact) mass is 333 g/mol. The van der Waals surface area contributed by atoms with Crippen LogP contribution < -0.4 is 11.1 Å². The van der Waals surface area contributed by atoms with Crippen molar-refractivity contribution in [3.05, 3.63) is 0 Å². The van der Waals surface area contributed by atoms with Crippen LogP contribution in [0.15, 0.2) is 0 Å². The fourth-order valence-electron chi connectivity index (χ4n) is 2.71. The van der Waals surface area contributed by atoms with E-state index in [0.717, 1.165) is 38.8 Å². The Balaban J connectivity index is 0.00000441. The molecule has 22 heavy (non-hydrogen) atoms. The third-order valence-electron chi connectivity index (χ3n) is 4.44. The number of piperidine rings is 1. The molecule has 1 aliphatic heterocycles. The minimum atomic E-state index is -0.400. The van der Waals surface area contributed by atoms with Gasteiger partial charge in [0.2, 0.25) is 11.8 Å². The Kier molecular flexibility index (Phi) is 10.4. The maximum absolute atomic E-state index is 12.4. The zero-order valence-corrected chi connectivity index (χ0v) is 15.0. The summed E-state index contributed by atoms with van der Waals surface area (Å²) in [4.78, 5) is 25.8. The standard InChI is InChI=1S/C16H31N3O2.ClH/c1-4-7-14(20)18-10-13-8-6-9-19(11-13)16(21)15(17)12(3)5-2;/h12-13,15H,4-11,17H2,1-3H3,(H,18,20);1H. The SMILES string of the molecule is CCCC(=O)NCC1CCCN(C(=O)C(N)C(C)CC)C1.Cl. The lowest BCUT2D eigenvalue weighted by Crippen LogP contribution is -2.51. The number of hydrogen-bond acceptors (Lipinski definition) is 3. The fourth-order valence-corrected chi connectivity index (χ4v) is 2.71. The van der Waals surface area contributed by atoms with E-state index in [0.29, 0.717) is 18.9 Å². The van der Waals surface area contributed by atoms with E-state index in [1.54, 1.807) is 0 Å². The van der Waals surface area contributed by atoms with Crippen molar-refractivity contribution < 1.29 is 9.59 Å². The average Bonchev–Trinajstić information content (AvgIpc) is 2.51. The number of likely N-dealkylation sites (tertiary alicyclic amines) is 1. The Labute approximate surface area is 140 Å². The second-order valence-corrected chi connectivity index (χ2v) is 6.26. The molecule has 3 N–H and O–H groups in total. The van der Waals surface area contributed by atoms with Gasteiger partial charge < -0.3 is 16.0 Å². The predicted molar refractivity (Wildman–Crippen MR) is 91.9 cm³/mol. The van der Waals surface area contributed by atoms with Crippen LogP contribution in [0, 0.1) is 11.8 Å². The summed E-state index contributed by atoms with van der Waals surface area (Å²) >= 11 is 0. The molecule has 3 unspecified atom stereocenters. The van der Waals surface area contributed by atoms with Crippen molar-refractivity contribution in [2.24, 2.45) is 17.6 Å². The Morgan fingerprint density at radius 2 is 2.05 bits per heavy atom. The Bertz CT molecular complexity index is 352. The lowest BCUT2D eigenvalue weighted by Gasteiger charge is -2.35. The summed E-state index contributed by atoms with van der Waals surface area (Å²) in [6.45, 7) is 8.25. The second kappa shape index (κ2) is 10.8. The predicted octanol–water partition coefficient (Wildman–Crippen LogP) is 1.94. The van der Waals surface area contributed by atoms with Gasteiger partial charge in [0.05, 0.1) is 6.04 Å². The van der Waals surface area contributed by atoms with Crippen molar-refractivity contribution in [3.63, 3.8) is 0 Å². The number of carbonyl (C=O) groups excluding carboxylic acids is 2. The molecule has 1 fully saturated rings. The Hall–Kier alpha value is -0.810. The van der Waals surface area contributed by atoms with Gasteiger partial charge in [-0.25, -0.2) is 0 Å². The normalized spacial score (nSPS) is 20.7. The maximum Gasteiger partial charge on any atom is 0.239 e. The lowest BCUT2D eigenvalue weighted by molar-refractivity contribution is -0.135. The molecule has 1 aliphatic rings. The summed E-state index contributed by atoms with van der Waals surface area (Å²) in [6, 6.07) is -0.400. The first-order valence-electron chi connectivity index (χ1n) is 8.30. The van der Waals surface area contributed by atoms with Crippen LogP contribution in [-0.2, 0) is 9.59 Å². The summed E-state index contributed by atoms with van der Waals surface area (Å²) in [6.07, 6.45) is 4.42. The van der Waals surface area contributed by atoms with Crippen molar-refractivity contribution >= 4 is 24.2 Å². The molecule has 0 bridgehead atoms. The topological polar surface area (TPSA) is 75.4 Å². The Morgan fingerprint density at radius 3 is 2.64 bits per heavy atom. The van der Waals surface area contributed by atoms with Crippen molar-refractivity contribution in [1.82, 2.24) is 10.2 Å². The van der Waals surface area contributed by atoms with E-state index in [-0.39, 0.29) is 30.1 Å². The number of hydrogen-bond donors (Lipinski definition) is 2. The van der Waals surface area contributed by atoms with E-state index in [2.05, 4.69) is 12.2 Å². The van der Waals surface area contributed by atoms with Crippen LogP contribution in [0.1, 0.15) is 52.9 Å². The van der Waals surface area contributed by atoms with Gasteiger partial charge in [-0.1, -0.05) is 27.2 Å². The van der Waals surface area contributed by atoms with E-state index < -0.39 is 6.04 Å². The first kappa shape index (κ1) is 21.2. The van der Waals surface area contributed by atoms with Crippen molar-refractivity contribution in [1.29, 1.82) is 0 Å². The van der Waals surface area contributed by atoms with Gasteiger partial charge in [0.25, 0.3) is 0 Å². The summed E-state index contributed by atoms with van der Waals surface area (Å²) in [5.41, 5.74) is 6.05. The molecule has 0 radical (unpaired) electrons. The van der Waals surface area contributed by atoms with E-state index in [9.17, 15) is 9.59 Å². The molecule has 0 aliphatic carbocycles. The van der Waals surface area contributed by atoms with E-state index in [1.807, 2.05) is 18.7 Å². The van der Waals surface area contributed by atoms with E-state index >= 15 is 0 Å². The second-order valence-electron chi connectivity index (χ2n) is 6.26. The molecular formula is C16H32ClN3O2. The van der Waals surface area contributed by atoms with Crippen molar-refractivity contribution in [2.75, 3.05) is 19.6 Å². The number of nitrogens with two attached hydrogens (primary N) is 1. The number of halogens is 1. The van der Waals surface area contributed by atoms with Crippen LogP contribution in [0.3, 0.4) is 0 Å². The number of nitrogens with one attached hydrogen (secondary N) is 1. The zero-order chi connectivity index (χ0) is 15.8. The smallest absolute Gasteiger partial charge is 0.239 e. The van der Waals surface area contributed by atoms with Crippen molar-refractivity contribution in [2.45, 2.75) is 58.9 Å². The molecule has 130 valence electrons. The summed E-state index contributed by atoms with van der Waals surface area (Å²) in [5.74, 6) is 0.737. The molecule has 0 spiro atoms. The third kappa shape index (κ3) is 6.53. The molecule has 0 aromatic carbocycles. The summed E-state index contributed by atoms with van der Waals surface area (Å²) in [7, 11) is 0. The highest BCUT2D eigenvalue weighted by atomic mass is 35.5. The van der Waals surface area contributed by atoms with Crippen LogP contribution in [0.2, 0.25) is 0 Å². The van der Waals surface area contributed by atoms with Gasteiger partial charge >= 0.3 is 0 Å². The van der Waals surface area contributed by atoms with Gasteiger partial charge in [-0.3, -0.25) is 9.59 Å². The van der Waals surface area contributed by atoms with Gasteiger partial charge in [-0.2, -0.15) is 0 Å². The van der Waals surface area contributed by atoms with Crippen LogP contribution in [0.5, 0.6) is 0 Å². The fraction of sp³-hybridized carbons (Fsp3) is 0.875. The molecule has 1 rings (SSSR count). The molecule has 0 saturated carbocycles. The van der Waals surface area contributed by atoms with Crippen molar-refractivity contribution in [3.8, 4) is 0 Å². The zero-order valence-electron chi connectivity index (χ0n) is 14.1. The van der Waals surface area contributed by atoms with E-state index in [4.69, 9.17) is 5.73 Å². The molecule has 2 amide bonds. The Morgan fingerprint density at radius 1 is 1.36 bits per heavy atom. The minimum Gasteiger partial charge on any atom is -0.356 e. The molecular weight excluding hydrogens is 302 g/mol. The summed E-state index contributed by atoms with van der Waals surface area (Å²) < 4.78 is 0. The van der Waals surface area contributed by atoms with Gasteiger partial charge in [0, 0.05) is 26.1 Å². The first-order chi connectivity index (χ1) is 9.99. The van der Waals surface area contributed by atoms with Gasteiger partial charge in [0.15, 0.2) is 0 Å². The average molecular weight is 334 g/mol. The molecule has 3 atom stereocenters. The molecule has 5 nitrogen and oxygen atoms in total. The van der Waals surface area contributed by atoms with Crippen LogP contribution in [0.25, 0.3) is 0 Å². The number of amides is 2. The molecule has 6 heteroatoms. The van der Waals surface area contributed by atoms with E-state index in [1.165, 1.54) is 0 Å². The number of rotatable bonds is 7. The van der Waals surface area contributed by atoms with Gasteiger partial charge in [-0.15, -0.1) is 12.4 Å². The third-order valence-corrected chi connectivity index (χ3v) is 4.44. The molecule has 1 heterocycles. The highest BCUT2D eigenvalue weighted by molar-refractivity contribution is 5.85. The lowest BCUT2D eigenvalue weighted by atomic mass is 9.94. The highest BCUT2D eigenvalue weighted by Crippen LogP contribution is 2.18. The molecule has 0 aromatic rings. The van der Waals surface area contributed by atoms with Crippen LogP contribution in [0.4, 0.5) is 0 Å². The van der Waals surface area contributed by atoms with Crippen LogP contribution >= 0.6 is 12.4 Å². The quantitative estimate of drug-likeness (QED) is 0.747.